The Morgan fingerprint density at radius 1 is 1.09 bits per heavy atom. The molecule has 1 aliphatic rings. The number of nitrogens with two attached hydrogens (primary N) is 1. The molecule has 0 aliphatic carbocycles. The minimum Gasteiger partial charge on any atom is -0.369 e. The standard InChI is InChI=1S/C17H28N4O.ClH/c18-9-8-17(22)19-10-4-5-11-20-12-14-21(15-13-20)16-6-2-1-3-7-16;/h1-3,6-7H,4-5,8-15,18H2,(H,19,22);1H. The van der Waals surface area contributed by atoms with E-state index in [4.69, 9.17) is 5.73 Å². The van der Waals surface area contributed by atoms with E-state index >= 15 is 0 Å². The van der Waals surface area contributed by atoms with Gasteiger partial charge in [0.05, 0.1) is 0 Å². The minimum atomic E-state index is 0. The van der Waals surface area contributed by atoms with Gasteiger partial charge in [-0.2, -0.15) is 0 Å². The zero-order valence-electron chi connectivity index (χ0n) is 13.7. The summed E-state index contributed by atoms with van der Waals surface area (Å²) in [4.78, 5) is 16.2. The van der Waals surface area contributed by atoms with Crippen molar-refractivity contribution in [3.63, 3.8) is 0 Å². The van der Waals surface area contributed by atoms with Crippen molar-refractivity contribution in [1.82, 2.24) is 10.2 Å². The van der Waals surface area contributed by atoms with Gasteiger partial charge in [0, 0.05) is 51.4 Å². The number of amides is 1. The first-order valence-corrected chi connectivity index (χ1v) is 8.28. The number of rotatable bonds is 8. The van der Waals surface area contributed by atoms with Gasteiger partial charge in [0.1, 0.15) is 0 Å². The summed E-state index contributed by atoms with van der Waals surface area (Å²) in [5.41, 5.74) is 6.66. The highest BCUT2D eigenvalue weighted by Gasteiger charge is 2.16. The molecule has 1 saturated heterocycles. The van der Waals surface area contributed by atoms with Gasteiger partial charge in [0.25, 0.3) is 0 Å². The van der Waals surface area contributed by atoms with Crippen LogP contribution in [0.4, 0.5) is 5.69 Å². The maximum Gasteiger partial charge on any atom is 0.221 e. The molecule has 0 atom stereocenters. The Hall–Kier alpha value is -1.30. The third-order valence-corrected chi connectivity index (χ3v) is 4.09. The molecule has 6 heteroatoms. The third kappa shape index (κ3) is 7.20. The highest BCUT2D eigenvalue weighted by Crippen LogP contribution is 2.15. The summed E-state index contributed by atoms with van der Waals surface area (Å²) in [5, 5.41) is 2.90. The third-order valence-electron chi connectivity index (χ3n) is 4.09. The van der Waals surface area contributed by atoms with Crippen molar-refractivity contribution in [1.29, 1.82) is 0 Å². The van der Waals surface area contributed by atoms with Gasteiger partial charge in [0.15, 0.2) is 0 Å². The second-order valence-electron chi connectivity index (χ2n) is 5.76. The van der Waals surface area contributed by atoms with Gasteiger partial charge < -0.3 is 16.0 Å². The van der Waals surface area contributed by atoms with E-state index in [1.54, 1.807) is 0 Å². The second-order valence-corrected chi connectivity index (χ2v) is 5.76. The van der Waals surface area contributed by atoms with E-state index in [-0.39, 0.29) is 18.3 Å². The van der Waals surface area contributed by atoms with E-state index in [9.17, 15) is 4.79 Å². The van der Waals surface area contributed by atoms with Crippen molar-refractivity contribution in [2.75, 3.05) is 50.7 Å². The van der Waals surface area contributed by atoms with Crippen LogP contribution in [0, 0.1) is 0 Å². The Morgan fingerprint density at radius 2 is 1.78 bits per heavy atom. The van der Waals surface area contributed by atoms with Crippen LogP contribution in [-0.4, -0.2) is 56.6 Å². The van der Waals surface area contributed by atoms with E-state index in [1.165, 1.54) is 5.69 Å². The zero-order valence-corrected chi connectivity index (χ0v) is 14.6. The first-order valence-electron chi connectivity index (χ1n) is 8.28. The second kappa shape index (κ2) is 11.3. The van der Waals surface area contributed by atoms with Crippen molar-refractivity contribution >= 4 is 24.0 Å². The molecule has 0 spiro atoms. The van der Waals surface area contributed by atoms with Crippen LogP contribution in [0.2, 0.25) is 0 Å². The molecule has 0 radical (unpaired) electrons. The number of benzene rings is 1. The molecule has 0 aromatic heterocycles. The number of halogens is 1. The van der Waals surface area contributed by atoms with Gasteiger partial charge in [-0.25, -0.2) is 0 Å². The van der Waals surface area contributed by atoms with E-state index in [0.717, 1.165) is 52.1 Å². The van der Waals surface area contributed by atoms with E-state index in [0.29, 0.717) is 13.0 Å². The van der Waals surface area contributed by atoms with E-state index < -0.39 is 0 Å². The summed E-state index contributed by atoms with van der Waals surface area (Å²) < 4.78 is 0. The first-order chi connectivity index (χ1) is 10.8. The highest BCUT2D eigenvalue weighted by molar-refractivity contribution is 5.85. The van der Waals surface area contributed by atoms with E-state index in [2.05, 4.69) is 45.4 Å². The summed E-state index contributed by atoms with van der Waals surface area (Å²) in [6, 6.07) is 10.6. The van der Waals surface area contributed by atoms with Gasteiger partial charge >= 0.3 is 0 Å². The highest BCUT2D eigenvalue weighted by atomic mass is 35.5. The topological polar surface area (TPSA) is 61.6 Å². The monoisotopic (exact) mass is 340 g/mol. The number of carbonyl (C=O) groups excluding carboxylic acids is 1. The fraction of sp³-hybridized carbons (Fsp3) is 0.588. The lowest BCUT2D eigenvalue weighted by molar-refractivity contribution is -0.120. The van der Waals surface area contributed by atoms with Crippen LogP contribution in [0.1, 0.15) is 19.3 Å². The molecular formula is C17H29ClN4O. The lowest BCUT2D eigenvalue weighted by Gasteiger charge is -2.36. The predicted octanol–water partition coefficient (Wildman–Crippen LogP) is 1.48. The fourth-order valence-electron chi connectivity index (χ4n) is 2.78. The Bertz CT molecular complexity index is 435. The summed E-state index contributed by atoms with van der Waals surface area (Å²) in [5.74, 6) is 0.0685. The molecule has 1 aliphatic heterocycles. The zero-order chi connectivity index (χ0) is 15.6. The van der Waals surface area contributed by atoms with Crippen LogP contribution in [0.5, 0.6) is 0 Å². The molecule has 1 aromatic rings. The van der Waals surface area contributed by atoms with Gasteiger partial charge in [0.2, 0.25) is 5.91 Å². The smallest absolute Gasteiger partial charge is 0.221 e. The van der Waals surface area contributed by atoms with Crippen LogP contribution in [0.3, 0.4) is 0 Å². The maximum atomic E-state index is 11.3. The Morgan fingerprint density at radius 3 is 2.43 bits per heavy atom. The summed E-state index contributed by atoms with van der Waals surface area (Å²) in [6.07, 6.45) is 2.60. The number of carbonyl (C=O) groups is 1. The minimum absolute atomic E-state index is 0. The van der Waals surface area contributed by atoms with Crippen LogP contribution < -0.4 is 16.0 Å². The average Bonchev–Trinajstić information content (AvgIpc) is 2.56. The molecule has 1 fully saturated rings. The molecule has 3 N–H and O–H groups in total. The van der Waals surface area contributed by atoms with E-state index in [1.807, 2.05) is 0 Å². The molecular weight excluding hydrogens is 312 g/mol. The Balaban J connectivity index is 0.00000264. The summed E-state index contributed by atoms with van der Waals surface area (Å²) >= 11 is 0. The molecule has 0 unspecified atom stereocenters. The number of piperazine rings is 1. The molecule has 1 heterocycles. The maximum absolute atomic E-state index is 11.3. The van der Waals surface area contributed by atoms with Crippen LogP contribution >= 0.6 is 12.4 Å². The normalized spacial score (nSPS) is 15.1. The molecule has 5 nitrogen and oxygen atoms in total. The summed E-state index contributed by atoms with van der Waals surface area (Å²) in [7, 11) is 0. The molecule has 0 saturated carbocycles. The van der Waals surface area contributed by atoms with Crippen molar-refractivity contribution in [2.24, 2.45) is 5.73 Å². The van der Waals surface area contributed by atoms with Gasteiger partial charge in [-0.3, -0.25) is 9.69 Å². The number of nitrogens with zero attached hydrogens (tertiary/aromatic N) is 2. The van der Waals surface area contributed by atoms with Crippen molar-refractivity contribution in [3.05, 3.63) is 30.3 Å². The molecule has 0 bridgehead atoms. The van der Waals surface area contributed by atoms with Crippen molar-refractivity contribution in [2.45, 2.75) is 19.3 Å². The molecule has 23 heavy (non-hydrogen) atoms. The number of hydrogen-bond donors (Lipinski definition) is 2. The van der Waals surface area contributed by atoms with Gasteiger partial charge in [-0.15, -0.1) is 12.4 Å². The average molecular weight is 341 g/mol. The number of anilines is 1. The molecule has 130 valence electrons. The Kier molecular flexibility index (Phi) is 9.67. The number of unbranched alkanes of at least 4 members (excludes halogenated alkanes) is 1. The number of para-hydroxylation sites is 1. The lowest BCUT2D eigenvalue weighted by atomic mass is 10.2. The van der Waals surface area contributed by atoms with Crippen LogP contribution in [0.25, 0.3) is 0 Å². The molecule has 2 rings (SSSR count). The largest absolute Gasteiger partial charge is 0.369 e. The van der Waals surface area contributed by atoms with Gasteiger partial charge in [-0.05, 0) is 31.5 Å². The van der Waals surface area contributed by atoms with Crippen LogP contribution in [0.15, 0.2) is 30.3 Å². The fourth-order valence-corrected chi connectivity index (χ4v) is 2.78. The lowest BCUT2D eigenvalue weighted by Crippen LogP contribution is -2.46. The molecule has 1 amide bonds. The number of hydrogen-bond acceptors (Lipinski definition) is 4. The molecule has 1 aromatic carbocycles. The predicted molar refractivity (Wildman–Crippen MR) is 98.3 cm³/mol. The number of nitrogens with one attached hydrogen (secondary N) is 1. The summed E-state index contributed by atoms with van der Waals surface area (Å²) in [6.45, 7) is 6.74. The Labute approximate surface area is 145 Å². The SMILES string of the molecule is Cl.NCCC(=O)NCCCCN1CCN(c2ccccc2)CC1. The van der Waals surface area contributed by atoms with Crippen molar-refractivity contribution in [3.8, 4) is 0 Å². The van der Waals surface area contributed by atoms with Crippen molar-refractivity contribution < 1.29 is 4.79 Å². The van der Waals surface area contributed by atoms with Gasteiger partial charge in [-0.1, -0.05) is 18.2 Å². The first kappa shape index (κ1) is 19.7. The van der Waals surface area contributed by atoms with Crippen LogP contribution in [-0.2, 0) is 4.79 Å². The quantitative estimate of drug-likeness (QED) is 0.704.